The lowest BCUT2D eigenvalue weighted by Gasteiger charge is -2.24. The van der Waals surface area contributed by atoms with Crippen LogP contribution in [0.3, 0.4) is 0 Å². The van der Waals surface area contributed by atoms with Crippen molar-refractivity contribution in [2.45, 2.75) is 35.8 Å². The summed E-state index contributed by atoms with van der Waals surface area (Å²) in [6, 6.07) is 22.2. The van der Waals surface area contributed by atoms with Gasteiger partial charge in [-0.1, -0.05) is 42.0 Å². The summed E-state index contributed by atoms with van der Waals surface area (Å²) in [5.41, 5.74) is 4.09. The molecule has 1 amide bonds. The van der Waals surface area contributed by atoms with E-state index < -0.39 is 10.0 Å². The predicted octanol–water partition coefficient (Wildman–Crippen LogP) is 5.66. The molecule has 1 N–H and O–H groups in total. The third-order valence-electron chi connectivity index (χ3n) is 5.56. The SMILES string of the molecule is CSc1ccc(S(=O)(=O)N(CC(=O)NCCCSCc2ccccc2C)c2ccc(C)cc2)cc1. The van der Waals surface area contributed by atoms with E-state index in [-0.39, 0.29) is 17.3 Å². The predicted molar refractivity (Wildman–Crippen MR) is 149 cm³/mol. The number of amides is 1. The number of aryl methyl sites for hydroxylation is 2. The van der Waals surface area contributed by atoms with Crippen LogP contribution in [0.25, 0.3) is 0 Å². The first-order chi connectivity index (χ1) is 16.8. The molecule has 35 heavy (non-hydrogen) atoms. The molecular formula is C27H32N2O3S3. The summed E-state index contributed by atoms with van der Waals surface area (Å²) in [4.78, 5) is 13.9. The van der Waals surface area contributed by atoms with Crippen molar-refractivity contribution in [3.05, 3.63) is 89.5 Å². The van der Waals surface area contributed by atoms with Crippen molar-refractivity contribution < 1.29 is 13.2 Å². The highest BCUT2D eigenvalue weighted by Gasteiger charge is 2.27. The molecule has 0 aliphatic carbocycles. The third kappa shape index (κ3) is 7.78. The van der Waals surface area contributed by atoms with E-state index in [2.05, 4.69) is 24.4 Å². The van der Waals surface area contributed by atoms with E-state index in [9.17, 15) is 13.2 Å². The number of rotatable bonds is 12. The zero-order valence-corrected chi connectivity index (χ0v) is 22.8. The van der Waals surface area contributed by atoms with Crippen LogP contribution in [0.2, 0.25) is 0 Å². The number of carbonyl (C=O) groups is 1. The van der Waals surface area contributed by atoms with Crippen LogP contribution in [0.15, 0.2) is 82.6 Å². The zero-order valence-electron chi connectivity index (χ0n) is 20.4. The maximum Gasteiger partial charge on any atom is 0.264 e. The Bertz CT molecular complexity index is 1210. The minimum atomic E-state index is -3.90. The fourth-order valence-electron chi connectivity index (χ4n) is 3.44. The molecule has 0 radical (unpaired) electrons. The van der Waals surface area contributed by atoms with Crippen molar-refractivity contribution in [2.75, 3.05) is 29.4 Å². The Kier molecular flexibility index (Phi) is 10.1. The maximum absolute atomic E-state index is 13.5. The van der Waals surface area contributed by atoms with Crippen molar-refractivity contribution in [1.82, 2.24) is 5.32 Å². The Morgan fingerprint density at radius 1 is 0.943 bits per heavy atom. The Morgan fingerprint density at radius 3 is 2.29 bits per heavy atom. The molecule has 0 spiro atoms. The van der Waals surface area contributed by atoms with E-state index in [1.165, 1.54) is 15.4 Å². The van der Waals surface area contributed by atoms with Gasteiger partial charge < -0.3 is 5.32 Å². The quantitative estimate of drug-likeness (QED) is 0.243. The molecule has 5 nitrogen and oxygen atoms in total. The fraction of sp³-hybridized carbons (Fsp3) is 0.296. The van der Waals surface area contributed by atoms with Crippen molar-refractivity contribution in [3.8, 4) is 0 Å². The summed E-state index contributed by atoms with van der Waals surface area (Å²) < 4.78 is 28.1. The molecular weight excluding hydrogens is 497 g/mol. The highest BCUT2D eigenvalue weighted by molar-refractivity contribution is 7.98. The van der Waals surface area contributed by atoms with Crippen molar-refractivity contribution >= 4 is 45.1 Å². The molecule has 3 aromatic carbocycles. The molecule has 0 aromatic heterocycles. The Balaban J connectivity index is 1.60. The molecule has 8 heteroatoms. The van der Waals surface area contributed by atoms with Gasteiger partial charge in [0.15, 0.2) is 0 Å². The minimum absolute atomic E-state index is 0.163. The lowest BCUT2D eigenvalue weighted by Crippen LogP contribution is -2.41. The summed E-state index contributed by atoms with van der Waals surface area (Å²) in [6.07, 6.45) is 2.75. The first-order valence-corrected chi connectivity index (χ1v) is 15.3. The second-order valence-electron chi connectivity index (χ2n) is 8.21. The van der Waals surface area contributed by atoms with Gasteiger partial charge in [-0.2, -0.15) is 11.8 Å². The molecule has 3 rings (SSSR count). The van der Waals surface area contributed by atoms with Gasteiger partial charge >= 0.3 is 0 Å². The van der Waals surface area contributed by atoms with E-state index in [1.54, 1.807) is 48.2 Å². The van der Waals surface area contributed by atoms with Crippen LogP contribution >= 0.6 is 23.5 Å². The van der Waals surface area contributed by atoms with Crippen LogP contribution in [-0.4, -0.2) is 39.4 Å². The number of hydrogen-bond donors (Lipinski definition) is 1. The number of nitrogens with one attached hydrogen (secondary N) is 1. The number of carbonyl (C=O) groups excluding carboxylic acids is 1. The number of sulfonamides is 1. The first-order valence-electron chi connectivity index (χ1n) is 11.4. The third-order valence-corrected chi connectivity index (χ3v) is 9.19. The standard InChI is InChI=1S/C27H32N2O3S3/c1-21-9-11-24(12-10-21)29(35(31,32)26-15-13-25(33-3)14-16-26)19-27(30)28-17-6-18-34-20-23-8-5-4-7-22(23)2/h4-5,7-16H,6,17-20H2,1-3H3,(H,28,30). The van der Waals surface area contributed by atoms with E-state index >= 15 is 0 Å². The number of hydrogen-bond acceptors (Lipinski definition) is 5. The van der Waals surface area contributed by atoms with E-state index in [0.29, 0.717) is 12.2 Å². The van der Waals surface area contributed by atoms with Gasteiger partial charge in [0.05, 0.1) is 10.6 Å². The molecule has 3 aromatic rings. The highest BCUT2D eigenvalue weighted by atomic mass is 32.2. The Labute approximate surface area is 217 Å². The summed E-state index contributed by atoms with van der Waals surface area (Å²) in [6.45, 7) is 4.28. The molecule has 0 aliphatic rings. The molecule has 0 saturated carbocycles. The molecule has 0 heterocycles. The van der Waals surface area contributed by atoms with Crippen molar-refractivity contribution in [2.24, 2.45) is 0 Å². The van der Waals surface area contributed by atoms with Crippen LogP contribution in [-0.2, 0) is 20.6 Å². The summed E-state index contributed by atoms with van der Waals surface area (Å²) >= 11 is 3.37. The van der Waals surface area contributed by atoms with Gasteiger partial charge in [0.2, 0.25) is 5.91 Å². The normalized spacial score (nSPS) is 11.3. The second-order valence-corrected chi connectivity index (χ2v) is 12.1. The van der Waals surface area contributed by atoms with Gasteiger partial charge in [-0.3, -0.25) is 9.10 Å². The average molecular weight is 529 g/mol. The lowest BCUT2D eigenvalue weighted by atomic mass is 10.1. The number of thioether (sulfide) groups is 2. The van der Waals surface area contributed by atoms with Crippen LogP contribution < -0.4 is 9.62 Å². The monoisotopic (exact) mass is 528 g/mol. The van der Waals surface area contributed by atoms with Crippen LogP contribution in [0.1, 0.15) is 23.1 Å². The fourth-order valence-corrected chi connectivity index (χ4v) is 6.31. The number of anilines is 1. The lowest BCUT2D eigenvalue weighted by molar-refractivity contribution is -0.119. The van der Waals surface area contributed by atoms with Gasteiger partial charge in [-0.05, 0) is 79.8 Å². The molecule has 0 bridgehead atoms. The summed E-state index contributed by atoms with van der Waals surface area (Å²) in [7, 11) is -3.90. The largest absolute Gasteiger partial charge is 0.354 e. The topological polar surface area (TPSA) is 66.5 Å². The molecule has 0 saturated heterocycles. The Hall–Kier alpha value is -2.42. The molecule has 0 fully saturated rings. The summed E-state index contributed by atoms with van der Waals surface area (Å²) in [5.74, 6) is 1.53. The molecule has 0 aliphatic heterocycles. The van der Waals surface area contributed by atoms with Gasteiger partial charge in [0.25, 0.3) is 10.0 Å². The second kappa shape index (κ2) is 13.0. The number of nitrogens with zero attached hydrogens (tertiary/aromatic N) is 1. The van der Waals surface area contributed by atoms with Crippen LogP contribution in [0.5, 0.6) is 0 Å². The van der Waals surface area contributed by atoms with Gasteiger partial charge in [0, 0.05) is 17.2 Å². The minimum Gasteiger partial charge on any atom is -0.354 e. The molecule has 0 atom stereocenters. The highest BCUT2D eigenvalue weighted by Crippen LogP contribution is 2.25. The molecule has 0 unspecified atom stereocenters. The Morgan fingerprint density at radius 2 is 1.63 bits per heavy atom. The summed E-state index contributed by atoms with van der Waals surface area (Å²) in [5, 5.41) is 2.88. The zero-order chi connectivity index (χ0) is 25.3. The smallest absolute Gasteiger partial charge is 0.264 e. The average Bonchev–Trinajstić information content (AvgIpc) is 2.86. The van der Waals surface area contributed by atoms with E-state index in [1.807, 2.05) is 49.2 Å². The van der Waals surface area contributed by atoms with Crippen molar-refractivity contribution in [3.63, 3.8) is 0 Å². The van der Waals surface area contributed by atoms with Crippen LogP contribution in [0.4, 0.5) is 5.69 Å². The first kappa shape index (κ1) is 27.2. The van der Waals surface area contributed by atoms with Gasteiger partial charge in [0.1, 0.15) is 6.54 Å². The van der Waals surface area contributed by atoms with E-state index in [4.69, 9.17) is 0 Å². The molecule has 186 valence electrons. The number of benzene rings is 3. The van der Waals surface area contributed by atoms with E-state index in [0.717, 1.165) is 28.4 Å². The van der Waals surface area contributed by atoms with Crippen molar-refractivity contribution in [1.29, 1.82) is 0 Å². The van der Waals surface area contributed by atoms with Gasteiger partial charge in [-0.25, -0.2) is 8.42 Å². The van der Waals surface area contributed by atoms with Crippen LogP contribution in [0, 0.1) is 13.8 Å². The maximum atomic E-state index is 13.5. The van der Waals surface area contributed by atoms with Gasteiger partial charge in [-0.15, -0.1) is 11.8 Å².